The largest absolute Gasteiger partial charge is 0.317 e. The van der Waals surface area contributed by atoms with Crippen LogP contribution in [0.4, 0.5) is 0 Å². The van der Waals surface area contributed by atoms with Crippen molar-refractivity contribution in [3.05, 3.63) is 42.0 Å². The molecule has 1 rings (SSSR count). The summed E-state index contributed by atoms with van der Waals surface area (Å²) in [5, 5.41) is 8.48. The van der Waals surface area contributed by atoms with Crippen LogP contribution in [-0.2, 0) is 0 Å². The highest BCUT2D eigenvalue weighted by Crippen LogP contribution is 2.16. The maximum Gasteiger partial charge on any atom is 0.0248 e. The Balaban J connectivity index is 2.69. The van der Waals surface area contributed by atoms with E-state index in [0.717, 1.165) is 6.42 Å². The third kappa shape index (κ3) is 3.01. The van der Waals surface area contributed by atoms with Gasteiger partial charge >= 0.3 is 0 Å². The molecule has 2 heteroatoms. The van der Waals surface area contributed by atoms with Gasteiger partial charge in [-0.05, 0) is 24.5 Å². The lowest BCUT2D eigenvalue weighted by molar-refractivity contribution is 0.169. The number of nitrogens with one attached hydrogen (secondary N) is 1. The Labute approximate surface area is 78.9 Å². The molecule has 0 atom stereocenters. The van der Waals surface area contributed by atoms with Gasteiger partial charge in [0.15, 0.2) is 0 Å². The van der Waals surface area contributed by atoms with E-state index in [2.05, 4.69) is 23.7 Å². The van der Waals surface area contributed by atoms with E-state index >= 15 is 0 Å². The number of hydrogen-bond acceptors (Lipinski definition) is 2. The number of rotatable bonds is 4. The predicted molar refractivity (Wildman–Crippen MR) is 54.5 cm³/mol. The summed E-state index contributed by atoms with van der Waals surface area (Å²) in [5.41, 5.74) is 4.64. The maximum absolute atomic E-state index is 8.48. The molecule has 1 aromatic carbocycles. The molecule has 0 aliphatic carbocycles. The van der Waals surface area contributed by atoms with Crippen molar-refractivity contribution in [3.8, 4) is 0 Å². The van der Waals surface area contributed by atoms with E-state index in [0.29, 0.717) is 6.54 Å². The van der Waals surface area contributed by atoms with Crippen LogP contribution < -0.4 is 5.48 Å². The molecule has 0 unspecified atom stereocenters. The van der Waals surface area contributed by atoms with Crippen molar-refractivity contribution in [2.75, 3.05) is 6.54 Å². The molecule has 0 heterocycles. The Bertz CT molecular complexity index is 267. The van der Waals surface area contributed by atoms with E-state index in [1.165, 1.54) is 11.1 Å². The molecule has 13 heavy (non-hydrogen) atoms. The fourth-order valence-corrected chi connectivity index (χ4v) is 1.30. The second kappa shape index (κ2) is 5.51. The average molecular weight is 177 g/mol. The zero-order valence-corrected chi connectivity index (χ0v) is 7.83. The van der Waals surface area contributed by atoms with Crippen molar-refractivity contribution >= 4 is 5.57 Å². The molecule has 1 aromatic rings. The summed E-state index contributed by atoms with van der Waals surface area (Å²) in [6, 6.07) is 10.2. The third-order valence-electron chi connectivity index (χ3n) is 2.00. The third-order valence-corrected chi connectivity index (χ3v) is 2.00. The lowest BCUT2D eigenvalue weighted by atomic mass is 10.0. The van der Waals surface area contributed by atoms with Crippen molar-refractivity contribution in [2.24, 2.45) is 0 Å². The quantitative estimate of drug-likeness (QED) is 0.692. The molecular formula is C11H15NO. The molecule has 70 valence electrons. The van der Waals surface area contributed by atoms with Crippen molar-refractivity contribution in [1.29, 1.82) is 0 Å². The van der Waals surface area contributed by atoms with E-state index in [9.17, 15) is 0 Å². The zero-order chi connectivity index (χ0) is 9.52. The molecule has 2 N–H and O–H groups in total. The molecule has 0 amide bonds. The Hall–Kier alpha value is -1.12. The molecule has 0 aromatic heterocycles. The minimum absolute atomic E-state index is 0.592. The molecule has 0 saturated carbocycles. The van der Waals surface area contributed by atoms with Crippen LogP contribution >= 0.6 is 0 Å². The smallest absolute Gasteiger partial charge is 0.0248 e. The van der Waals surface area contributed by atoms with Gasteiger partial charge in [-0.1, -0.05) is 36.4 Å². The van der Waals surface area contributed by atoms with E-state index in [1.807, 2.05) is 25.1 Å². The summed E-state index contributed by atoms with van der Waals surface area (Å²) < 4.78 is 0. The lowest BCUT2D eigenvalue weighted by Gasteiger charge is -2.05. The van der Waals surface area contributed by atoms with Crippen LogP contribution in [0.5, 0.6) is 0 Å². The van der Waals surface area contributed by atoms with Crippen LogP contribution in [0.15, 0.2) is 36.4 Å². The first-order valence-corrected chi connectivity index (χ1v) is 4.46. The fourth-order valence-electron chi connectivity index (χ4n) is 1.30. The molecule has 0 radical (unpaired) electrons. The van der Waals surface area contributed by atoms with Gasteiger partial charge in [-0.3, -0.25) is 0 Å². The number of benzene rings is 1. The number of allylic oxidation sites excluding steroid dienone is 1. The van der Waals surface area contributed by atoms with Crippen molar-refractivity contribution in [3.63, 3.8) is 0 Å². The van der Waals surface area contributed by atoms with Gasteiger partial charge < -0.3 is 5.21 Å². The molecule has 0 saturated heterocycles. The molecule has 0 aliphatic heterocycles. The Morgan fingerprint density at radius 3 is 2.62 bits per heavy atom. The number of hydroxylamine groups is 1. The van der Waals surface area contributed by atoms with Crippen LogP contribution in [0.25, 0.3) is 5.57 Å². The van der Waals surface area contributed by atoms with E-state index in [1.54, 1.807) is 0 Å². The Kier molecular flexibility index (Phi) is 4.23. The molecule has 2 nitrogen and oxygen atoms in total. The van der Waals surface area contributed by atoms with Crippen LogP contribution in [0.3, 0.4) is 0 Å². The van der Waals surface area contributed by atoms with Crippen molar-refractivity contribution in [1.82, 2.24) is 5.48 Å². The zero-order valence-electron chi connectivity index (χ0n) is 7.83. The molecule has 0 spiro atoms. The first kappa shape index (κ1) is 9.96. The highest BCUT2D eigenvalue weighted by Gasteiger charge is 1.97. The normalized spacial score (nSPS) is 11.7. The molecule has 0 fully saturated rings. The van der Waals surface area contributed by atoms with Crippen LogP contribution in [-0.4, -0.2) is 11.8 Å². The fraction of sp³-hybridized carbons (Fsp3) is 0.273. The monoisotopic (exact) mass is 177 g/mol. The standard InChI is InChI=1S/C11H15NO/c1-2-10(8-9-12-13)11-6-4-3-5-7-11/h2-7,12-13H,8-9H2,1H3/b10-2-. The minimum Gasteiger partial charge on any atom is -0.317 e. The van der Waals surface area contributed by atoms with Gasteiger partial charge in [-0.15, -0.1) is 0 Å². The lowest BCUT2D eigenvalue weighted by Crippen LogP contribution is -2.08. The van der Waals surface area contributed by atoms with Gasteiger partial charge in [-0.2, -0.15) is 0 Å². The van der Waals surface area contributed by atoms with Crippen molar-refractivity contribution in [2.45, 2.75) is 13.3 Å². The molecule has 0 aliphatic rings. The van der Waals surface area contributed by atoms with Gasteiger partial charge in [0.1, 0.15) is 0 Å². The topological polar surface area (TPSA) is 32.3 Å². The van der Waals surface area contributed by atoms with Crippen molar-refractivity contribution < 1.29 is 5.21 Å². The van der Waals surface area contributed by atoms with E-state index in [-0.39, 0.29) is 0 Å². The SMILES string of the molecule is C/C=C(/CCNO)c1ccccc1. The van der Waals surface area contributed by atoms with Gasteiger partial charge in [0, 0.05) is 6.54 Å². The first-order valence-electron chi connectivity index (χ1n) is 4.46. The second-order valence-corrected chi connectivity index (χ2v) is 2.84. The summed E-state index contributed by atoms with van der Waals surface area (Å²) in [4.78, 5) is 0. The van der Waals surface area contributed by atoms with E-state index < -0.39 is 0 Å². The van der Waals surface area contributed by atoms with Crippen LogP contribution in [0.1, 0.15) is 18.9 Å². The summed E-state index contributed by atoms with van der Waals surface area (Å²) in [6.07, 6.45) is 2.92. The summed E-state index contributed by atoms with van der Waals surface area (Å²) in [6.45, 7) is 2.61. The minimum atomic E-state index is 0.592. The summed E-state index contributed by atoms with van der Waals surface area (Å²) >= 11 is 0. The number of hydrogen-bond donors (Lipinski definition) is 2. The van der Waals surface area contributed by atoms with Crippen LogP contribution in [0.2, 0.25) is 0 Å². The van der Waals surface area contributed by atoms with Crippen LogP contribution in [0, 0.1) is 0 Å². The average Bonchev–Trinajstić information content (AvgIpc) is 2.21. The molecular weight excluding hydrogens is 162 g/mol. The molecule has 0 bridgehead atoms. The van der Waals surface area contributed by atoms with Gasteiger partial charge in [-0.25, -0.2) is 5.48 Å². The first-order chi connectivity index (χ1) is 6.38. The maximum atomic E-state index is 8.48. The van der Waals surface area contributed by atoms with E-state index in [4.69, 9.17) is 5.21 Å². The Morgan fingerprint density at radius 1 is 1.38 bits per heavy atom. The summed E-state index contributed by atoms with van der Waals surface area (Å²) in [7, 11) is 0. The second-order valence-electron chi connectivity index (χ2n) is 2.84. The van der Waals surface area contributed by atoms with Gasteiger partial charge in [0.05, 0.1) is 0 Å². The Morgan fingerprint density at radius 2 is 2.08 bits per heavy atom. The predicted octanol–water partition coefficient (Wildman–Crippen LogP) is 2.46. The summed E-state index contributed by atoms with van der Waals surface area (Å²) in [5.74, 6) is 0. The van der Waals surface area contributed by atoms with Gasteiger partial charge in [0.25, 0.3) is 0 Å². The highest BCUT2D eigenvalue weighted by atomic mass is 16.5. The van der Waals surface area contributed by atoms with Gasteiger partial charge in [0.2, 0.25) is 0 Å². The highest BCUT2D eigenvalue weighted by molar-refractivity contribution is 5.65.